The van der Waals surface area contributed by atoms with Crippen LogP contribution in [0.3, 0.4) is 0 Å². The molecular formula is C13H16BrFO. The Balaban J connectivity index is 2.18. The molecule has 0 radical (unpaired) electrons. The van der Waals surface area contributed by atoms with Gasteiger partial charge in [0.25, 0.3) is 0 Å². The largest absolute Gasteiger partial charge is 0.390 e. The van der Waals surface area contributed by atoms with Gasteiger partial charge < -0.3 is 5.11 Å². The maximum absolute atomic E-state index is 13.3. The average Bonchev–Trinajstić information content (AvgIpc) is 2.54. The first kappa shape index (κ1) is 12.1. The van der Waals surface area contributed by atoms with E-state index in [-0.39, 0.29) is 5.82 Å². The van der Waals surface area contributed by atoms with Crippen LogP contribution in [-0.4, -0.2) is 10.7 Å². The van der Waals surface area contributed by atoms with Crippen LogP contribution < -0.4 is 0 Å². The fraction of sp³-hybridized carbons (Fsp3) is 0.538. The number of hydrogen-bond donors (Lipinski definition) is 1. The first-order valence-corrected chi connectivity index (χ1v) is 6.45. The van der Waals surface area contributed by atoms with E-state index in [9.17, 15) is 9.50 Å². The quantitative estimate of drug-likeness (QED) is 0.879. The van der Waals surface area contributed by atoms with Crippen LogP contribution in [0, 0.1) is 11.7 Å². The molecule has 1 fully saturated rings. The van der Waals surface area contributed by atoms with E-state index < -0.39 is 5.60 Å². The van der Waals surface area contributed by atoms with Gasteiger partial charge in [0.2, 0.25) is 0 Å². The predicted molar refractivity (Wildman–Crippen MR) is 65.8 cm³/mol. The van der Waals surface area contributed by atoms with Gasteiger partial charge in [-0.2, -0.15) is 0 Å². The topological polar surface area (TPSA) is 20.2 Å². The molecule has 2 rings (SSSR count). The minimum absolute atomic E-state index is 0.257. The lowest BCUT2D eigenvalue weighted by Crippen LogP contribution is -2.28. The van der Waals surface area contributed by atoms with Gasteiger partial charge in [-0.15, -0.1) is 0 Å². The molecule has 1 aromatic carbocycles. The molecule has 1 aromatic rings. The maximum Gasteiger partial charge on any atom is 0.137 e. The molecule has 0 aromatic heterocycles. The smallest absolute Gasteiger partial charge is 0.137 e. The first-order chi connectivity index (χ1) is 7.50. The second-order valence-corrected chi connectivity index (χ2v) is 5.76. The molecule has 1 N–H and O–H groups in total. The third-order valence-corrected chi connectivity index (χ3v) is 4.27. The molecule has 1 aliphatic carbocycles. The molecule has 0 bridgehead atoms. The second-order valence-electron chi connectivity index (χ2n) is 4.96. The number of aliphatic hydroxyl groups is 1. The lowest BCUT2D eigenvalue weighted by Gasteiger charge is -2.23. The Bertz CT molecular complexity index is 394. The normalized spacial score (nSPS) is 29.6. The van der Waals surface area contributed by atoms with Gasteiger partial charge in [0.05, 0.1) is 10.1 Å². The molecule has 2 atom stereocenters. The number of halogens is 2. The van der Waals surface area contributed by atoms with E-state index in [4.69, 9.17) is 0 Å². The van der Waals surface area contributed by atoms with E-state index >= 15 is 0 Å². The summed E-state index contributed by atoms with van der Waals surface area (Å²) in [5.41, 5.74) is 0.215. The summed E-state index contributed by atoms with van der Waals surface area (Å²) in [4.78, 5) is 0. The van der Waals surface area contributed by atoms with Gasteiger partial charge in [-0.3, -0.25) is 0 Å². The van der Waals surface area contributed by atoms with Crippen LogP contribution in [0.25, 0.3) is 0 Å². The zero-order valence-corrected chi connectivity index (χ0v) is 10.9. The van der Waals surface area contributed by atoms with Crippen LogP contribution in [0.2, 0.25) is 0 Å². The Kier molecular flexibility index (Phi) is 3.36. The monoisotopic (exact) mass is 286 g/mol. The molecule has 88 valence electrons. The summed E-state index contributed by atoms with van der Waals surface area (Å²) < 4.78 is 13.8. The van der Waals surface area contributed by atoms with E-state index in [0.717, 1.165) is 24.8 Å². The van der Waals surface area contributed by atoms with Gasteiger partial charge in [-0.05, 0) is 52.7 Å². The molecule has 1 saturated carbocycles. The SMILES string of the molecule is CC1CCC(O)(Cc2cccc(F)c2Br)C1. The van der Waals surface area contributed by atoms with Crippen molar-refractivity contribution in [3.8, 4) is 0 Å². The van der Waals surface area contributed by atoms with Gasteiger partial charge in [-0.25, -0.2) is 4.39 Å². The standard InChI is InChI=1S/C13H16BrFO/c1-9-5-6-13(16,7-9)8-10-3-2-4-11(15)12(10)14/h2-4,9,16H,5-8H2,1H3. The highest BCUT2D eigenvalue weighted by Crippen LogP contribution is 2.38. The van der Waals surface area contributed by atoms with E-state index in [0.29, 0.717) is 16.8 Å². The molecule has 16 heavy (non-hydrogen) atoms. The molecule has 3 heteroatoms. The highest BCUT2D eigenvalue weighted by molar-refractivity contribution is 9.10. The Hall–Kier alpha value is -0.410. The van der Waals surface area contributed by atoms with Crippen molar-refractivity contribution >= 4 is 15.9 Å². The van der Waals surface area contributed by atoms with Crippen LogP contribution in [-0.2, 0) is 6.42 Å². The van der Waals surface area contributed by atoms with Gasteiger partial charge in [-0.1, -0.05) is 19.1 Å². The van der Waals surface area contributed by atoms with E-state index in [1.54, 1.807) is 6.07 Å². The van der Waals surface area contributed by atoms with Crippen LogP contribution >= 0.6 is 15.9 Å². The van der Waals surface area contributed by atoms with Crippen molar-refractivity contribution < 1.29 is 9.50 Å². The minimum atomic E-state index is -0.643. The Labute approximate surface area is 104 Å². The maximum atomic E-state index is 13.3. The summed E-state index contributed by atoms with van der Waals surface area (Å²) >= 11 is 3.24. The van der Waals surface area contributed by atoms with Crippen molar-refractivity contribution in [2.24, 2.45) is 5.92 Å². The van der Waals surface area contributed by atoms with E-state index in [2.05, 4.69) is 22.9 Å². The van der Waals surface area contributed by atoms with Crippen LogP contribution in [0.4, 0.5) is 4.39 Å². The third-order valence-electron chi connectivity index (χ3n) is 3.38. The molecular weight excluding hydrogens is 271 g/mol. The summed E-state index contributed by atoms with van der Waals surface area (Å²) in [6, 6.07) is 4.99. The van der Waals surface area contributed by atoms with Crippen molar-refractivity contribution in [2.75, 3.05) is 0 Å². The summed E-state index contributed by atoms with van der Waals surface area (Å²) in [5.74, 6) is 0.310. The summed E-state index contributed by atoms with van der Waals surface area (Å²) in [5, 5.41) is 10.4. The highest BCUT2D eigenvalue weighted by Gasteiger charge is 2.35. The van der Waals surface area contributed by atoms with Crippen molar-refractivity contribution in [2.45, 2.75) is 38.2 Å². The summed E-state index contributed by atoms with van der Waals surface area (Å²) in [7, 11) is 0. The van der Waals surface area contributed by atoms with Crippen molar-refractivity contribution in [3.63, 3.8) is 0 Å². The van der Waals surface area contributed by atoms with Crippen molar-refractivity contribution in [1.82, 2.24) is 0 Å². The summed E-state index contributed by atoms with van der Waals surface area (Å²) in [6.45, 7) is 2.15. The minimum Gasteiger partial charge on any atom is -0.390 e. The molecule has 0 saturated heterocycles. The van der Waals surface area contributed by atoms with Crippen molar-refractivity contribution in [1.29, 1.82) is 0 Å². The molecule has 0 heterocycles. The molecule has 1 aliphatic rings. The van der Waals surface area contributed by atoms with Gasteiger partial charge in [0.1, 0.15) is 5.82 Å². The van der Waals surface area contributed by atoms with E-state index in [1.807, 2.05) is 6.07 Å². The lowest BCUT2D eigenvalue weighted by molar-refractivity contribution is 0.0444. The first-order valence-electron chi connectivity index (χ1n) is 5.65. The van der Waals surface area contributed by atoms with Crippen molar-refractivity contribution in [3.05, 3.63) is 34.1 Å². The fourth-order valence-electron chi connectivity index (χ4n) is 2.57. The summed E-state index contributed by atoms with van der Waals surface area (Å²) in [6.07, 6.45) is 3.23. The Morgan fingerprint density at radius 2 is 2.31 bits per heavy atom. The molecule has 1 nitrogen and oxygen atoms in total. The van der Waals surface area contributed by atoms with Crippen LogP contribution in [0.5, 0.6) is 0 Å². The van der Waals surface area contributed by atoms with Gasteiger partial charge in [0, 0.05) is 6.42 Å². The number of benzene rings is 1. The average molecular weight is 287 g/mol. The Morgan fingerprint density at radius 1 is 1.56 bits per heavy atom. The van der Waals surface area contributed by atoms with Gasteiger partial charge >= 0.3 is 0 Å². The number of rotatable bonds is 2. The lowest BCUT2D eigenvalue weighted by atomic mass is 9.92. The predicted octanol–water partition coefficient (Wildman–Crippen LogP) is 3.68. The fourth-order valence-corrected chi connectivity index (χ4v) is 2.97. The molecule has 0 spiro atoms. The Morgan fingerprint density at radius 3 is 2.94 bits per heavy atom. The van der Waals surface area contributed by atoms with Crippen LogP contribution in [0.1, 0.15) is 31.7 Å². The zero-order chi connectivity index (χ0) is 11.8. The zero-order valence-electron chi connectivity index (χ0n) is 9.34. The second kappa shape index (κ2) is 4.46. The van der Waals surface area contributed by atoms with Crippen LogP contribution in [0.15, 0.2) is 22.7 Å². The third kappa shape index (κ3) is 2.46. The molecule has 0 amide bonds. The number of hydrogen-bond acceptors (Lipinski definition) is 1. The molecule has 2 unspecified atom stereocenters. The van der Waals surface area contributed by atoms with Gasteiger partial charge in [0.15, 0.2) is 0 Å². The molecule has 0 aliphatic heterocycles. The highest BCUT2D eigenvalue weighted by atomic mass is 79.9. The van der Waals surface area contributed by atoms with E-state index in [1.165, 1.54) is 6.07 Å².